The maximum absolute atomic E-state index is 12.9. The molecule has 0 heterocycles. The number of hydrogen-bond donors (Lipinski definition) is 3. The minimum atomic E-state index is -0.537. The average molecular weight is 463 g/mol. The normalized spacial score (nSPS) is 10.1. The molecule has 0 spiro atoms. The highest BCUT2D eigenvalue weighted by molar-refractivity contribution is 6.06. The molecule has 0 radical (unpaired) electrons. The molecule has 0 aliphatic heterocycles. The zero-order valence-electron chi connectivity index (χ0n) is 19.0. The molecule has 9 heteroatoms. The van der Waals surface area contributed by atoms with Crippen molar-refractivity contribution in [3.63, 3.8) is 0 Å². The van der Waals surface area contributed by atoms with E-state index in [1.165, 1.54) is 26.4 Å². The summed E-state index contributed by atoms with van der Waals surface area (Å²) < 4.78 is 15.2. The van der Waals surface area contributed by atoms with Crippen LogP contribution in [-0.4, -0.2) is 38.7 Å². The van der Waals surface area contributed by atoms with E-state index in [2.05, 4.69) is 20.7 Å². The smallest absolute Gasteiger partial charge is 0.343 e. The van der Waals surface area contributed by atoms with Crippen LogP contribution in [-0.2, 0) is 9.53 Å². The molecule has 0 aliphatic carbocycles. The first-order valence-corrected chi connectivity index (χ1v) is 10.3. The molecule has 176 valence electrons. The molecule has 0 bridgehead atoms. The first-order valence-electron chi connectivity index (χ1n) is 10.3. The molecule has 3 rings (SSSR count). The number of ether oxygens (including phenoxy) is 3. The standard InChI is InChI=1S/C25H25N3O6/c1-16-9-11-19(27-25(31)26-18-7-5-4-6-8-18)14-20(16)28-24(30)17-10-12-21(22(13-17)32-2)34-15-23(29)33-3/h4-14H,15H2,1-3H3,(H,28,30)(H2,26,27,31). The summed E-state index contributed by atoms with van der Waals surface area (Å²) in [5, 5.41) is 8.33. The van der Waals surface area contributed by atoms with Gasteiger partial charge in [-0.2, -0.15) is 0 Å². The predicted molar refractivity (Wildman–Crippen MR) is 129 cm³/mol. The Labute approximate surface area is 197 Å². The third kappa shape index (κ3) is 6.49. The summed E-state index contributed by atoms with van der Waals surface area (Å²) in [4.78, 5) is 36.4. The minimum Gasteiger partial charge on any atom is -0.493 e. The topological polar surface area (TPSA) is 115 Å². The summed E-state index contributed by atoms with van der Waals surface area (Å²) >= 11 is 0. The van der Waals surface area contributed by atoms with Gasteiger partial charge in [0, 0.05) is 22.6 Å². The fourth-order valence-electron chi connectivity index (χ4n) is 2.97. The van der Waals surface area contributed by atoms with E-state index < -0.39 is 12.0 Å². The second kappa shape index (κ2) is 11.4. The van der Waals surface area contributed by atoms with Crippen molar-refractivity contribution in [2.45, 2.75) is 6.92 Å². The van der Waals surface area contributed by atoms with E-state index in [9.17, 15) is 14.4 Å². The molecule has 3 aromatic carbocycles. The molecule has 0 aromatic heterocycles. The second-order valence-electron chi connectivity index (χ2n) is 7.16. The highest BCUT2D eigenvalue weighted by atomic mass is 16.6. The fourth-order valence-corrected chi connectivity index (χ4v) is 2.97. The number of aryl methyl sites for hydroxylation is 1. The number of anilines is 3. The van der Waals surface area contributed by atoms with Crippen LogP contribution < -0.4 is 25.4 Å². The lowest BCUT2D eigenvalue weighted by atomic mass is 10.1. The summed E-state index contributed by atoms with van der Waals surface area (Å²) in [5.41, 5.74) is 2.84. The van der Waals surface area contributed by atoms with Gasteiger partial charge in [0.1, 0.15) is 0 Å². The van der Waals surface area contributed by atoms with Crippen LogP contribution in [0.3, 0.4) is 0 Å². The lowest BCUT2D eigenvalue weighted by molar-refractivity contribution is -0.142. The Balaban J connectivity index is 1.69. The maximum Gasteiger partial charge on any atom is 0.343 e. The Morgan fingerprint density at radius 3 is 2.24 bits per heavy atom. The van der Waals surface area contributed by atoms with Gasteiger partial charge in [0.15, 0.2) is 18.1 Å². The van der Waals surface area contributed by atoms with Gasteiger partial charge in [-0.1, -0.05) is 24.3 Å². The van der Waals surface area contributed by atoms with E-state index in [1.807, 2.05) is 25.1 Å². The van der Waals surface area contributed by atoms with Crippen molar-refractivity contribution < 1.29 is 28.6 Å². The molecule has 3 aromatic rings. The Bertz CT molecular complexity index is 1180. The molecule has 34 heavy (non-hydrogen) atoms. The minimum absolute atomic E-state index is 0.283. The number of rotatable bonds is 8. The number of methoxy groups -OCH3 is 2. The van der Waals surface area contributed by atoms with Gasteiger partial charge < -0.3 is 30.2 Å². The molecule has 0 atom stereocenters. The summed E-state index contributed by atoms with van der Waals surface area (Å²) in [6.07, 6.45) is 0. The largest absolute Gasteiger partial charge is 0.493 e. The molecule has 0 fully saturated rings. The number of urea groups is 1. The van der Waals surface area contributed by atoms with Crippen LogP contribution in [0.1, 0.15) is 15.9 Å². The number of nitrogens with one attached hydrogen (secondary N) is 3. The molecule has 3 amide bonds. The van der Waals surface area contributed by atoms with Crippen LogP contribution in [0.5, 0.6) is 11.5 Å². The average Bonchev–Trinajstić information content (AvgIpc) is 2.84. The Kier molecular flexibility index (Phi) is 8.07. The quantitative estimate of drug-likeness (QED) is 0.425. The first kappa shape index (κ1) is 24.1. The van der Waals surface area contributed by atoms with Crippen LogP contribution in [0.25, 0.3) is 0 Å². The van der Waals surface area contributed by atoms with Gasteiger partial charge in [-0.05, 0) is 55.0 Å². The van der Waals surface area contributed by atoms with Gasteiger partial charge in [0.2, 0.25) is 0 Å². The van der Waals surface area contributed by atoms with E-state index in [0.29, 0.717) is 34.1 Å². The summed E-state index contributed by atoms with van der Waals surface area (Å²) in [5.74, 6) is -0.324. The first-order chi connectivity index (χ1) is 16.4. The lowest BCUT2D eigenvalue weighted by Crippen LogP contribution is -2.19. The zero-order chi connectivity index (χ0) is 24.5. The molecule has 0 saturated heterocycles. The molecule has 0 saturated carbocycles. The number of carbonyl (C=O) groups is 3. The van der Waals surface area contributed by atoms with E-state index in [4.69, 9.17) is 9.47 Å². The van der Waals surface area contributed by atoms with Crippen molar-refractivity contribution in [3.05, 3.63) is 77.9 Å². The van der Waals surface area contributed by atoms with Gasteiger partial charge in [-0.3, -0.25) is 4.79 Å². The van der Waals surface area contributed by atoms with Gasteiger partial charge in [-0.25, -0.2) is 9.59 Å². The monoisotopic (exact) mass is 463 g/mol. The Morgan fingerprint density at radius 1 is 0.794 bits per heavy atom. The molecule has 0 unspecified atom stereocenters. The van der Waals surface area contributed by atoms with Crippen molar-refractivity contribution in [2.24, 2.45) is 0 Å². The van der Waals surface area contributed by atoms with Gasteiger partial charge in [-0.15, -0.1) is 0 Å². The van der Waals surface area contributed by atoms with Crippen molar-refractivity contribution in [3.8, 4) is 11.5 Å². The zero-order valence-corrected chi connectivity index (χ0v) is 19.0. The van der Waals surface area contributed by atoms with E-state index in [1.54, 1.807) is 36.4 Å². The number of carbonyl (C=O) groups excluding carboxylic acids is 3. The third-order valence-electron chi connectivity index (χ3n) is 4.77. The van der Waals surface area contributed by atoms with Crippen LogP contribution in [0, 0.1) is 6.92 Å². The maximum atomic E-state index is 12.9. The number of hydrogen-bond acceptors (Lipinski definition) is 6. The van der Waals surface area contributed by atoms with Gasteiger partial charge in [0.25, 0.3) is 5.91 Å². The Morgan fingerprint density at radius 2 is 1.53 bits per heavy atom. The van der Waals surface area contributed by atoms with Crippen LogP contribution in [0.15, 0.2) is 66.7 Å². The summed E-state index contributed by atoms with van der Waals surface area (Å²) in [6.45, 7) is 1.56. The van der Waals surface area contributed by atoms with Gasteiger partial charge in [0.05, 0.1) is 14.2 Å². The summed E-state index contributed by atoms with van der Waals surface area (Å²) in [7, 11) is 2.69. The van der Waals surface area contributed by atoms with Crippen molar-refractivity contribution in [2.75, 3.05) is 36.8 Å². The molecule has 3 N–H and O–H groups in total. The third-order valence-corrected chi connectivity index (χ3v) is 4.77. The number of para-hydroxylation sites is 1. The summed E-state index contributed by atoms with van der Waals surface area (Å²) in [6, 6.07) is 18.4. The second-order valence-corrected chi connectivity index (χ2v) is 7.16. The molecule has 9 nitrogen and oxygen atoms in total. The van der Waals surface area contributed by atoms with Crippen LogP contribution >= 0.6 is 0 Å². The van der Waals surface area contributed by atoms with Gasteiger partial charge >= 0.3 is 12.0 Å². The van der Waals surface area contributed by atoms with Crippen LogP contribution in [0.4, 0.5) is 21.9 Å². The van der Waals surface area contributed by atoms with E-state index >= 15 is 0 Å². The van der Waals surface area contributed by atoms with Crippen LogP contribution in [0.2, 0.25) is 0 Å². The number of amides is 3. The molecular weight excluding hydrogens is 438 g/mol. The highest BCUT2D eigenvalue weighted by Crippen LogP contribution is 2.29. The van der Waals surface area contributed by atoms with Crippen molar-refractivity contribution in [1.82, 2.24) is 0 Å². The predicted octanol–water partition coefficient (Wildman–Crippen LogP) is 4.45. The van der Waals surface area contributed by atoms with Crippen molar-refractivity contribution in [1.29, 1.82) is 0 Å². The SMILES string of the molecule is COC(=O)COc1ccc(C(=O)Nc2cc(NC(=O)Nc3ccccc3)ccc2C)cc1OC. The van der Waals surface area contributed by atoms with E-state index in [-0.39, 0.29) is 12.5 Å². The Hall–Kier alpha value is -4.53. The number of esters is 1. The highest BCUT2D eigenvalue weighted by Gasteiger charge is 2.14. The molecular formula is C25H25N3O6. The van der Waals surface area contributed by atoms with Crippen molar-refractivity contribution >= 4 is 35.0 Å². The van der Waals surface area contributed by atoms with E-state index in [0.717, 1.165) is 5.56 Å². The fraction of sp³-hybridized carbons (Fsp3) is 0.160. The number of benzene rings is 3. The molecule has 0 aliphatic rings. The lowest BCUT2D eigenvalue weighted by Gasteiger charge is -2.14.